The summed E-state index contributed by atoms with van der Waals surface area (Å²) in [5, 5.41) is 0. The molecule has 0 saturated carbocycles. The maximum Gasteiger partial charge on any atom is 0.415 e. The highest BCUT2D eigenvalue weighted by Crippen LogP contribution is 2.17. The normalized spacial score (nSPS) is 15.9. The first-order valence-electron chi connectivity index (χ1n) is 5.58. The van der Waals surface area contributed by atoms with Gasteiger partial charge in [0.2, 0.25) is 0 Å². The lowest BCUT2D eigenvalue weighted by Gasteiger charge is -2.25. The number of amides is 1. The summed E-state index contributed by atoms with van der Waals surface area (Å²) in [5.74, 6) is 0.510. The first kappa shape index (κ1) is 10.8. The van der Waals surface area contributed by atoms with Gasteiger partial charge < -0.3 is 15.4 Å². The molecule has 0 radical (unpaired) electrons. The Hall–Kier alpha value is -1.71. The van der Waals surface area contributed by atoms with E-state index in [4.69, 9.17) is 10.5 Å². The van der Waals surface area contributed by atoms with E-state index in [1.54, 1.807) is 29.2 Å². The van der Waals surface area contributed by atoms with Crippen LogP contribution in [0.15, 0.2) is 24.3 Å². The Bertz CT molecular complexity index is 373. The monoisotopic (exact) mass is 220 g/mol. The molecule has 0 unspecified atom stereocenters. The quantitative estimate of drug-likeness (QED) is 0.738. The molecule has 0 bridgehead atoms. The summed E-state index contributed by atoms with van der Waals surface area (Å²) in [6.45, 7) is 1.59. The molecule has 1 aromatic carbocycles. The number of rotatable bonds is 1. The topological polar surface area (TPSA) is 55.6 Å². The van der Waals surface area contributed by atoms with Gasteiger partial charge in [-0.3, -0.25) is 0 Å². The second-order valence-electron chi connectivity index (χ2n) is 3.99. The largest absolute Gasteiger partial charge is 0.415 e. The molecule has 1 saturated heterocycles. The predicted molar refractivity (Wildman–Crippen MR) is 62.3 cm³/mol. The third-order valence-electron chi connectivity index (χ3n) is 2.68. The molecule has 0 aliphatic carbocycles. The number of carbonyl (C=O) groups is 1. The first-order chi connectivity index (χ1) is 7.75. The second-order valence-corrected chi connectivity index (χ2v) is 3.99. The van der Waals surface area contributed by atoms with Crippen molar-refractivity contribution in [1.82, 2.24) is 4.90 Å². The molecule has 1 fully saturated rings. The van der Waals surface area contributed by atoms with E-state index in [0.29, 0.717) is 11.4 Å². The van der Waals surface area contributed by atoms with Gasteiger partial charge in [0.15, 0.2) is 0 Å². The standard InChI is InChI=1S/C12H16N2O2/c13-10-5-4-6-11(9-10)16-12(15)14-7-2-1-3-8-14/h4-6,9H,1-3,7-8,13H2. The highest BCUT2D eigenvalue weighted by molar-refractivity contribution is 5.71. The Morgan fingerprint density at radius 3 is 2.69 bits per heavy atom. The van der Waals surface area contributed by atoms with Gasteiger partial charge in [0.25, 0.3) is 0 Å². The molecule has 4 nitrogen and oxygen atoms in total. The zero-order chi connectivity index (χ0) is 11.4. The van der Waals surface area contributed by atoms with Crippen molar-refractivity contribution in [2.75, 3.05) is 18.8 Å². The average Bonchev–Trinajstić information content (AvgIpc) is 2.30. The van der Waals surface area contributed by atoms with Crippen molar-refractivity contribution in [3.05, 3.63) is 24.3 Å². The fourth-order valence-corrected chi connectivity index (χ4v) is 1.82. The smallest absolute Gasteiger partial charge is 0.410 e. The van der Waals surface area contributed by atoms with Crippen molar-refractivity contribution in [3.63, 3.8) is 0 Å². The molecule has 1 aromatic rings. The van der Waals surface area contributed by atoms with E-state index in [2.05, 4.69) is 0 Å². The van der Waals surface area contributed by atoms with Crippen molar-refractivity contribution in [3.8, 4) is 5.75 Å². The minimum atomic E-state index is -0.273. The van der Waals surface area contributed by atoms with Crippen molar-refractivity contribution in [2.24, 2.45) is 0 Å². The summed E-state index contributed by atoms with van der Waals surface area (Å²) < 4.78 is 5.24. The molecule has 1 heterocycles. The minimum absolute atomic E-state index is 0.273. The molecule has 2 rings (SSSR count). The number of carbonyl (C=O) groups excluding carboxylic acids is 1. The van der Waals surface area contributed by atoms with Gasteiger partial charge in [0.1, 0.15) is 5.75 Å². The highest BCUT2D eigenvalue weighted by Gasteiger charge is 2.18. The summed E-state index contributed by atoms with van der Waals surface area (Å²) in [6, 6.07) is 6.92. The Morgan fingerprint density at radius 1 is 1.25 bits per heavy atom. The fraction of sp³-hybridized carbons (Fsp3) is 0.417. The van der Waals surface area contributed by atoms with E-state index in [0.717, 1.165) is 25.9 Å². The zero-order valence-corrected chi connectivity index (χ0v) is 9.19. The van der Waals surface area contributed by atoms with Crippen molar-refractivity contribution in [2.45, 2.75) is 19.3 Å². The van der Waals surface area contributed by atoms with Crippen LogP contribution in [0.3, 0.4) is 0 Å². The second kappa shape index (κ2) is 4.88. The third kappa shape index (κ3) is 2.66. The van der Waals surface area contributed by atoms with Crippen LogP contribution < -0.4 is 10.5 Å². The zero-order valence-electron chi connectivity index (χ0n) is 9.19. The van der Waals surface area contributed by atoms with Gasteiger partial charge >= 0.3 is 6.09 Å². The number of nitrogens with zero attached hydrogens (tertiary/aromatic N) is 1. The predicted octanol–water partition coefficient (Wildman–Crippen LogP) is 2.25. The number of anilines is 1. The average molecular weight is 220 g/mol. The van der Waals surface area contributed by atoms with Gasteiger partial charge in [-0.05, 0) is 31.4 Å². The van der Waals surface area contributed by atoms with E-state index in [1.807, 2.05) is 0 Å². The number of nitrogen functional groups attached to an aromatic ring is 1. The number of likely N-dealkylation sites (tertiary alicyclic amines) is 1. The minimum Gasteiger partial charge on any atom is -0.410 e. The first-order valence-corrected chi connectivity index (χ1v) is 5.58. The van der Waals surface area contributed by atoms with E-state index >= 15 is 0 Å². The van der Waals surface area contributed by atoms with E-state index in [9.17, 15) is 4.79 Å². The van der Waals surface area contributed by atoms with Crippen LogP contribution in [0.4, 0.5) is 10.5 Å². The van der Waals surface area contributed by atoms with Gasteiger partial charge in [-0.1, -0.05) is 6.07 Å². The number of ether oxygens (including phenoxy) is 1. The van der Waals surface area contributed by atoms with Crippen LogP contribution in [0.25, 0.3) is 0 Å². The third-order valence-corrected chi connectivity index (χ3v) is 2.68. The highest BCUT2D eigenvalue weighted by atomic mass is 16.6. The van der Waals surface area contributed by atoms with Crippen LogP contribution >= 0.6 is 0 Å². The maximum absolute atomic E-state index is 11.7. The SMILES string of the molecule is Nc1cccc(OC(=O)N2CCCCC2)c1. The molecular formula is C12H16N2O2. The number of hydrogen-bond donors (Lipinski definition) is 1. The Balaban J connectivity index is 1.96. The van der Waals surface area contributed by atoms with Crippen LogP contribution in [0.2, 0.25) is 0 Å². The van der Waals surface area contributed by atoms with Crippen molar-refractivity contribution >= 4 is 11.8 Å². The van der Waals surface area contributed by atoms with Gasteiger partial charge in [-0.25, -0.2) is 4.79 Å². The lowest BCUT2D eigenvalue weighted by molar-refractivity contribution is 0.142. The molecule has 1 aliphatic heterocycles. The number of benzene rings is 1. The van der Waals surface area contributed by atoms with Crippen LogP contribution in [-0.2, 0) is 0 Å². The fourth-order valence-electron chi connectivity index (χ4n) is 1.82. The summed E-state index contributed by atoms with van der Waals surface area (Å²) >= 11 is 0. The van der Waals surface area contributed by atoms with E-state index in [1.165, 1.54) is 6.42 Å². The number of piperidine rings is 1. The van der Waals surface area contributed by atoms with Gasteiger partial charge in [0.05, 0.1) is 0 Å². The molecule has 0 spiro atoms. The summed E-state index contributed by atoms with van der Waals surface area (Å²) in [5.41, 5.74) is 6.21. The van der Waals surface area contributed by atoms with Gasteiger partial charge in [-0.15, -0.1) is 0 Å². The molecule has 4 heteroatoms. The Labute approximate surface area is 95.0 Å². The molecule has 0 aromatic heterocycles. The van der Waals surface area contributed by atoms with Crippen LogP contribution in [0, 0.1) is 0 Å². The summed E-state index contributed by atoms with van der Waals surface area (Å²) in [6.07, 6.45) is 3.05. The van der Waals surface area contributed by atoms with E-state index < -0.39 is 0 Å². The van der Waals surface area contributed by atoms with Gasteiger partial charge in [-0.2, -0.15) is 0 Å². The molecule has 86 valence electrons. The lowest BCUT2D eigenvalue weighted by atomic mass is 10.1. The van der Waals surface area contributed by atoms with Crippen molar-refractivity contribution < 1.29 is 9.53 Å². The molecular weight excluding hydrogens is 204 g/mol. The summed E-state index contributed by atoms with van der Waals surface area (Å²) in [4.78, 5) is 13.5. The van der Waals surface area contributed by atoms with Crippen LogP contribution in [0.5, 0.6) is 5.75 Å². The summed E-state index contributed by atoms with van der Waals surface area (Å²) in [7, 11) is 0. The van der Waals surface area contributed by atoms with Crippen LogP contribution in [0.1, 0.15) is 19.3 Å². The molecule has 1 amide bonds. The molecule has 0 atom stereocenters. The number of nitrogens with two attached hydrogens (primary N) is 1. The van der Waals surface area contributed by atoms with Crippen molar-refractivity contribution in [1.29, 1.82) is 0 Å². The molecule has 2 N–H and O–H groups in total. The maximum atomic E-state index is 11.7. The molecule has 1 aliphatic rings. The van der Waals surface area contributed by atoms with E-state index in [-0.39, 0.29) is 6.09 Å². The lowest BCUT2D eigenvalue weighted by Crippen LogP contribution is -2.37. The Kier molecular flexibility index (Phi) is 3.29. The molecule has 16 heavy (non-hydrogen) atoms. The van der Waals surface area contributed by atoms with Crippen LogP contribution in [-0.4, -0.2) is 24.1 Å². The Morgan fingerprint density at radius 2 is 2.00 bits per heavy atom. The number of hydrogen-bond acceptors (Lipinski definition) is 3. The van der Waals surface area contributed by atoms with Gasteiger partial charge in [0, 0.05) is 24.8 Å².